The number of hydrogen-bond acceptors (Lipinski definition) is 5. The summed E-state index contributed by atoms with van der Waals surface area (Å²) in [7, 11) is 0. The Bertz CT molecular complexity index is 487. The van der Waals surface area contributed by atoms with E-state index < -0.39 is 24.0 Å². The Morgan fingerprint density at radius 3 is 2.50 bits per heavy atom. The largest absolute Gasteiger partial charge is 0.544 e. The number of nitrogens with one attached hydrogen (secondary N) is 1. The molecule has 1 aromatic rings. The van der Waals surface area contributed by atoms with Gasteiger partial charge in [0.05, 0.1) is 25.1 Å². The van der Waals surface area contributed by atoms with E-state index in [0.29, 0.717) is 18.0 Å². The summed E-state index contributed by atoms with van der Waals surface area (Å²) in [5, 5.41) is 24.2. The van der Waals surface area contributed by atoms with Gasteiger partial charge in [0.15, 0.2) is 0 Å². The molecule has 122 valence electrons. The van der Waals surface area contributed by atoms with Gasteiger partial charge in [0.25, 0.3) is 0 Å². The van der Waals surface area contributed by atoms with Crippen LogP contribution < -0.4 is 20.5 Å². The second-order valence-corrected chi connectivity index (χ2v) is 4.96. The summed E-state index contributed by atoms with van der Waals surface area (Å²) >= 11 is 0. The van der Waals surface area contributed by atoms with Gasteiger partial charge in [-0.05, 0) is 38.1 Å². The van der Waals surface area contributed by atoms with Gasteiger partial charge >= 0.3 is 0 Å². The molecule has 0 bridgehead atoms. The molecule has 7 nitrogen and oxygen atoms in total. The highest BCUT2D eigenvalue weighted by Crippen LogP contribution is 2.15. The number of amides is 1. The molecule has 4 N–H and O–H groups in total. The van der Waals surface area contributed by atoms with Crippen LogP contribution in [0.15, 0.2) is 24.3 Å². The first-order valence-corrected chi connectivity index (χ1v) is 7.17. The number of carboxylic acids is 1. The van der Waals surface area contributed by atoms with Gasteiger partial charge < -0.3 is 30.4 Å². The number of aliphatic hydroxyl groups excluding tert-OH is 1. The van der Waals surface area contributed by atoms with Crippen LogP contribution in [0.5, 0.6) is 5.75 Å². The zero-order valence-corrected chi connectivity index (χ0v) is 12.7. The second-order valence-electron chi connectivity index (χ2n) is 4.96. The van der Waals surface area contributed by atoms with Crippen molar-refractivity contribution in [3.63, 3.8) is 0 Å². The van der Waals surface area contributed by atoms with E-state index in [1.54, 1.807) is 31.2 Å². The van der Waals surface area contributed by atoms with E-state index >= 15 is 0 Å². The lowest BCUT2D eigenvalue weighted by atomic mass is 10.2. The van der Waals surface area contributed by atoms with E-state index in [2.05, 4.69) is 5.32 Å². The molecule has 1 rings (SSSR count). The second kappa shape index (κ2) is 9.01. The third kappa shape index (κ3) is 6.55. The molecule has 0 saturated heterocycles. The van der Waals surface area contributed by atoms with Gasteiger partial charge in [-0.3, -0.25) is 4.79 Å². The molecule has 1 amide bonds. The number of carbonyl (C=O) groups excluding carboxylic acids is 2. The first kappa shape index (κ1) is 17.9. The number of rotatable bonds is 9. The summed E-state index contributed by atoms with van der Waals surface area (Å²) < 4.78 is 5.29. The van der Waals surface area contributed by atoms with Crippen LogP contribution >= 0.6 is 0 Å². The molecule has 0 fully saturated rings. The molecule has 0 radical (unpaired) electrons. The quantitative estimate of drug-likeness (QED) is 0.512. The van der Waals surface area contributed by atoms with Crippen LogP contribution in [0.1, 0.15) is 20.3 Å². The summed E-state index contributed by atoms with van der Waals surface area (Å²) in [5.41, 5.74) is 0.557. The summed E-state index contributed by atoms with van der Waals surface area (Å²) in [6.45, 7) is 4.16. The van der Waals surface area contributed by atoms with E-state index in [1.807, 2.05) is 6.92 Å². The number of aliphatic hydroxyl groups is 1. The predicted molar refractivity (Wildman–Crippen MR) is 78.1 cm³/mol. The lowest BCUT2D eigenvalue weighted by molar-refractivity contribution is -0.687. The minimum absolute atomic E-state index is 0.189. The average molecular weight is 310 g/mol. The standard InChI is InChI=1S/C15H22N2O5/c1-3-22-12-6-4-11(5-7-12)17-14(19)8-13(15(20)21)16-9-10(2)18/h4-7,10,13,16,18H,3,8-9H2,1-2H3,(H,17,19)(H,20,21)/t10-,13+/m1/s1. The van der Waals surface area contributed by atoms with Crippen LogP contribution in [0.2, 0.25) is 0 Å². The Hall–Kier alpha value is -2.12. The maximum atomic E-state index is 11.9. The lowest BCUT2D eigenvalue weighted by Gasteiger charge is -2.17. The summed E-state index contributed by atoms with van der Waals surface area (Å²) in [4.78, 5) is 22.9. The van der Waals surface area contributed by atoms with Crippen LogP contribution in [0.4, 0.5) is 5.69 Å². The van der Waals surface area contributed by atoms with Gasteiger partial charge in [0, 0.05) is 5.69 Å². The zero-order valence-electron chi connectivity index (χ0n) is 12.7. The van der Waals surface area contributed by atoms with Crippen molar-refractivity contribution in [1.82, 2.24) is 0 Å². The SMILES string of the molecule is CCOc1ccc(NC(=O)C[C@H]([NH2+]C[C@@H](C)O)C(=O)[O-])cc1. The molecule has 0 aliphatic heterocycles. The van der Waals surface area contributed by atoms with Crippen molar-refractivity contribution in [2.45, 2.75) is 32.4 Å². The van der Waals surface area contributed by atoms with Crippen LogP contribution in [-0.2, 0) is 9.59 Å². The molecule has 2 atom stereocenters. The van der Waals surface area contributed by atoms with Gasteiger partial charge in [-0.1, -0.05) is 0 Å². The third-order valence-corrected chi connectivity index (χ3v) is 2.92. The van der Waals surface area contributed by atoms with Crippen molar-refractivity contribution in [3.05, 3.63) is 24.3 Å². The van der Waals surface area contributed by atoms with Crippen molar-refractivity contribution in [2.75, 3.05) is 18.5 Å². The van der Waals surface area contributed by atoms with Gasteiger partial charge in [-0.15, -0.1) is 0 Å². The van der Waals surface area contributed by atoms with E-state index in [-0.39, 0.29) is 13.0 Å². The minimum Gasteiger partial charge on any atom is -0.544 e. The molecule has 0 aliphatic rings. The number of quaternary nitrogens is 1. The Morgan fingerprint density at radius 1 is 1.36 bits per heavy atom. The molecule has 0 aromatic heterocycles. The summed E-state index contributed by atoms with van der Waals surface area (Å²) in [5.74, 6) is -1.07. The molecule has 0 saturated carbocycles. The average Bonchev–Trinajstić information content (AvgIpc) is 2.45. The van der Waals surface area contributed by atoms with Crippen molar-refractivity contribution >= 4 is 17.6 Å². The monoisotopic (exact) mass is 310 g/mol. The van der Waals surface area contributed by atoms with Gasteiger partial charge in [0.1, 0.15) is 18.3 Å². The van der Waals surface area contributed by atoms with Crippen LogP contribution in [0.3, 0.4) is 0 Å². The van der Waals surface area contributed by atoms with Crippen LogP contribution in [-0.4, -0.2) is 42.3 Å². The number of ether oxygens (including phenoxy) is 1. The fourth-order valence-electron chi connectivity index (χ4n) is 1.84. The van der Waals surface area contributed by atoms with Crippen LogP contribution in [0, 0.1) is 0 Å². The number of nitrogens with two attached hydrogens (primary N) is 1. The van der Waals surface area contributed by atoms with Gasteiger partial charge in [-0.25, -0.2) is 0 Å². The number of carbonyl (C=O) groups is 2. The normalized spacial score (nSPS) is 13.2. The molecule has 0 aliphatic carbocycles. The number of aliphatic carboxylic acids is 1. The predicted octanol–water partition coefficient (Wildman–Crippen LogP) is -1.52. The smallest absolute Gasteiger partial charge is 0.230 e. The minimum atomic E-state index is -1.33. The van der Waals surface area contributed by atoms with Crippen molar-refractivity contribution < 1.29 is 29.9 Å². The fourth-order valence-corrected chi connectivity index (χ4v) is 1.84. The molecule has 0 spiro atoms. The molecule has 7 heteroatoms. The van der Waals surface area contributed by atoms with Crippen molar-refractivity contribution in [2.24, 2.45) is 0 Å². The molecule has 0 heterocycles. The van der Waals surface area contributed by atoms with Crippen molar-refractivity contribution in [3.8, 4) is 5.75 Å². The molecular formula is C15H22N2O5. The molecular weight excluding hydrogens is 288 g/mol. The number of anilines is 1. The van der Waals surface area contributed by atoms with E-state index in [9.17, 15) is 14.7 Å². The highest BCUT2D eigenvalue weighted by molar-refractivity contribution is 5.93. The Morgan fingerprint density at radius 2 is 2.00 bits per heavy atom. The third-order valence-electron chi connectivity index (χ3n) is 2.92. The van der Waals surface area contributed by atoms with Gasteiger partial charge in [-0.2, -0.15) is 0 Å². The number of carboxylic acid groups (broad SMARTS) is 1. The van der Waals surface area contributed by atoms with E-state index in [4.69, 9.17) is 9.84 Å². The maximum absolute atomic E-state index is 11.9. The Kier molecular flexibility index (Phi) is 7.34. The first-order chi connectivity index (χ1) is 10.4. The number of hydrogen-bond donors (Lipinski definition) is 3. The topological polar surface area (TPSA) is 115 Å². The summed E-state index contributed by atoms with van der Waals surface area (Å²) in [6, 6.07) is 5.76. The summed E-state index contributed by atoms with van der Waals surface area (Å²) in [6.07, 6.45) is -0.890. The van der Waals surface area contributed by atoms with Crippen LogP contribution in [0.25, 0.3) is 0 Å². The Balaban J connectivity index is 2.53. The number of benzene rings is 1. The van der Waals surface area contributed by atoms with Gasteiger partial charge in [0.2, 0.25) is 5.91 Å². The highest BCUT2D eigenvalue weighted by Gasteiger charge is 2.19. The molecule has 0 unspecified atom stereocenters. The molecule has 22 heavy (non-hydrogen) atoms. The first-order valence-electron chi connectivity index (χ1n) is 7.17. The molecule has 1 aromatic carbocycles. The fraction of sp³-hybridized carbons (Fsp3) is 0.467. The Labute approximate surface area is 129 Å². The van der Waals surface area contributed by atoms with E-state index in [1.165, 1.54) is 5.32 Å². The van der Waals surface area contributed by atoms with Crippen molar-refractivity contribution in [1.29, 1.82) is 0 Å². The highest BCUT2D eigenvalue weighted by atomic mass is 16.5. The maximum Gasteiger partial charge on any atom is 0.230 e. The van der Waals surface area contributed by atoms with E-state index in [0.717, 1.165) is 0 Å². The zero-order chi connectivity index (χ0) is 16.5. The lowest BCUT2D eigenvalue weighted by Crippen LogP contribution is -2.94.